The van der Waals surface area contributed by atoms with Crippen molar-refractivity contribution in [2.45, 2.75) is 34.2 Å². The fourth-order valence-electron chi connectivity index (χ4n) is 3.05. The molecule has 0 saturated carbocycles. The first-order chi connectivity index (χ1) is 12.3. The predicted molar refractivity (Wildman–Crippen MR) is 99.6 cm³/mol. The van der Waals surface area contributed by atoms with Gasteiger partial charge in [-0.15, -0.1) is 0 Å². The molecule has 0 aliphatic rings. The summed E-state index contributed by atoms with van der Waals surface area (Å²) < 4.78 is 15.3. The Morgan fingerprint density at radius 1 is 1.23 bits per heavy atom. The Balaban J connectivity index is 1.68. The molecule has 6 heteroatoms. The first-order valence-corrected chi connectivity index (χ1v) is 8.69. The summed E-state index contributed by atoms with van der Waals surface area (Å²) in [5.74, 6) is -0.263. The minimum absolute atomic E-state index is 0.165. The highest BCUT2D eigenvalue weighted by atomic mass is 19.1. The number of pyridine rings is 1. The zero-order chi connectivity index (χ0) is 18.8. The number of aromatic nitrogens is 3. The highest BCUT2D eigenvalue weighted by Crippen LogP contribution is 2.18. The third-order valence-corrected chi connectivity index (χ3v) is 4.41. The van der Waals surface area contributed by atoms with Gasteiger partial charge in [0, 0.05) is 30.2 Å². The van der Waals surface area contributed by atoms with Gasteiger partial charge < -0.3 is 5.32 Å². The largest absolute Gasteiger partial charge is 0.352 e. The van der Waals surface area contributed by atoms with Crippen LogP contribution in [0, 0.1) is 32.5 Å². The van der Waals surface area contributed by atoms with Gasteiger partial charge >= 0.3 is 0 Å². The van der Waals surface area contributed by atoms with Crippen molar-refractivity contribution in [1.82, 2.24) is 20.1 Å². The predicted octanol–water partition coefficient (Wildman–Crippen LogP) is 3.56. The Morgan fingerprint density at radius 3 is 2.69 bits per heavy atom. The highest BCUT2D eigenvalue weighted by Gasteiger charge is 2.14. The van der Waals surface area contributed by atoms with E-state index in [0.29, 0.717) is 23.3 Å². The molecular formula is C20H23FN4O. The van der Waals surface area contributed by atoms with Gasteiger partial charge in [-0.3, -0.25) is 14.5 Å². The van der Waals surface area contributed by atoms with Gasteiger partial charge in [0.1, 0.15) is 5.82 Å². The van der Waals surface area contributed by atoms with Gasteiger partial charge in [0.2, 0.25) is 0 Å². The second-order valence-corrected chi connectivity index (χ2v) is 6.88. The van der Waals surface area contributed by atoms with Crippen molar-refractivity contribution in [2.75, 3.05) is 6.54 Å². The molecule has 0 saturated heterocycles. The maximum atomic E-state index is 13.3. The van der Waals surface area contributed by atoms with Gasteiger partial charge in [-0.05, 0) is 51.0 Å². The van der Waals surface area contributed by atoms with E-state index in [2.05, 4.69) is 22.3 Å². The van der Waals surface area contributed by atoms with Crippen molar-refractivity contribution in [1.29, 1.82) is 0 Å². The number of carbonyl (C=O) groups excluding carboxylic acids is 1. The lowest BCUT2D eigenvalue weighted by Gasteiger charge is -2.15. The maximum Gasteiger partial charge on any atom is 0.253 e. The molecule has 1 unspecified atom stereocenters. The second kappa shape index (κ2) is 7.23. The van der Waals surface area contributed by atoms with Crippen molar-refractivity contribution in [3.05, 3.63) is 58.8 Å². The average Bonchev–Trinajstić information content (AvgIpc) is 2.89. The zero-order valence-electron chi connectivity index (χ0n) is 15.5. The van der Waals surface area contributed by atoms with Crippen LogP contribution in [-0.4, -0.2) is 27.2 Å². The molecule has 0 aliphatic carbocycles. The molecule has 1 atom stereocenters. The number of aryl methyl sites for hydroxylation is 3. The van der Waals surface area contributed by atoms with E-state index in [1.54, 1.807) is 19.1 Å². The van der Waals surface area contributed by atoms with Crippen molar-refractivity contribution in [2.24, 2.45) is 5.92 Å². The van der Waals surface area contributed by atoms with Gasteiger partial charge in [-0.25, -0.2) is 4.39 Å². The Labute approximate surface area is 152 Å². The normalized spacial score (nSPS) is 12.3. The Kier molecular flexibility index (Phi) is 5.02. The number of hydrogen-bond donors (Lipinski definition) is 1. The number of amides is 1. The molecule has 1 aromatic carbocycles. The average molecular weight is 354 g/mol. The highest BCUT2D eigenvalue weighted by molar-refractivity contribution is 5.98. The molecule has 3 aromatic rings. The van der Waals surface area contributed by atoms with Gasteiger partial charge in [-0.1, -0.05) is 6.92 Å². The minimum atomic E-state index is -0.334. The van der Waals surface area contributed by atoms with Crippen LogP contribution in [0.3, 0.4) is 0 Å². The van der Waals surface area contributed by atoms with Crippen molar-refractivity contribution < 1.29 is 9.18 Å². The molecule has 2 heterocycles. The first-order valence-electron chi connectivity index (χ1n) is 8.69. The zero-order valence-corrected chi connectivity index (χ0v) is 15.5. The lowest BCUT2D eigenvalue weighted by molar-refractivity contribution is 0.0945. The summed E-state index contributed by atoms with van der Waals surface area (Å²) in [6, 6.07) is 8.19. The lowest BCUT2D eigenvalue weighted by atomic mass is 10.1. The summed E-state index contributed by atoms with van der Waals surface area (Å²) in [6.07, 6.45) is 0. The van der Waals surface area contributed by atoms with Crippen LogP contribution in [0.15, 0.2) is 30.3 Å². The van der Waals surface area contributed by atoms with Crippen LogP contribution in [0.2, 0.25) is 0 Å². The number of hydrogen-bond acceptors (Lipinski definition) is 3. The van der Waals surface area contributed by atoms with E-state index in [1.165, 1.54) is 12.1 Å². The quantitative estimate of drug-likeness (QED) is 0.762. The fraction of sp³-hybridized carbons (Fsp3) is 0.350. The minimum Gasteiger partial charge on any atom is -0.352 e. The third kappa shape index (κ3) is 3.90. The molecule has 2 aromatic heterocycles. The van der Waals surface area contributed by atoms with Crippen LogP contribution in [0.4, 0.5) is 4.39 Å². The summed E-state index contributed by atoms with van der Waals surface area (Å²) >= 11 is 0. The molecule has 1 amide bonds. The van der Waals surface area contributed by atoms with Crippen molar-refractivity contribution in [3.63, 3.8) is 0 Å². The van der Waals surface area contributed by atoms with Gasteiger partial charge in [0.05, 0.1) is 22.5 Å². The monoisotopic (exact) mass is 354 g/mol. The fourth-order valence-corrected chi connectivity index (χ4v) is 3.05. The molecular weight excluding hydrogens is 331 g/mol. The number of carbonyl (C=O) groups is 1. The van der Waals surface area contributed by atoms with E-state index in [0.717, 1.165) is 23.3 Å². The number of fused-ring (bicyclic) bond motifs is 1. The molecule has 0 bridgehead atoms. The van der Waals surface area contributed by atoms with Crippen LogP contribution in [-0.2, 0) is 6.54 Å². The number of nitrogens with one attached hydrogen (secondary N) is 1. The molecule has 0 radical (unpaired) electrons. The molecule has 0 fully saturated rings. The van der Waals surface area contributed by atoms with Gasteiger partial charge in [-0.2, -0.15) is 5.10 Å². The summed E-state index contributed by atoms with van der Waals surface area (Å²) in [7, 11) is 0. The Morgan fingerprint density at radius 2 is 2.00 bits per heavy atom. The van der Waals surface area contributed by atoms with Crippen molar-refractivity contribution >= 4 is 16.8 Å². The molecule has 5 nitrogen and oxygen atoms in total. The van der Waals surface area contributed by atoms with Crippen LogP contribution >= 0.6 is 0 Å². The maximum absolute atomic E-state index is 13.3. The van der Waals surface area contributed by atoms with Crippen LogP contribution < -0.4 is 5.32 Å². The summed E-state index contributed by atoms with van der Waals surface area (Å²) in [5, 5.41) is 8.17. The molecule has 26 heavy (non-hydrogen) atoms. The number of nitrogens with zero attached hydrogens (tertiary/aromatic N) is 3. The van der Waals surface area contributed by atoms with E-state index >= 15 is 0 Å². The molecule has 0 spiro atoms. The molecule has 0 aliphatic heterocycles. The summed E-state index contributed by atoms with van der Waals surface area (Å²) in [4.78, 5) is 16.9. The lowest BCUT2D eigenvalue weighted by Crippen LogP contribution is -2.31. The van der Waals surface area contributed by atoms with E-state index in [4.69, 9.17) is 0 Å². The van der Waals surface area contributed by atoms with Crippen LogP contribution in [0.25, 0.3) is 10.9 Å². The van der Waals surface area contributed by atoms with Crippen LogP contribution in [0.5, 0.6) is 0 Å². The van der Waals surface area contributed by atoms with E-state index in [1.807, 2.05) is 24.6 Å². The van der Waals surface area contributed by atoms with E-state index < -0.39 is 0 Å². The van der Waals surface area contributed by atoms with Gasteiger partial charge in [0.15, 0.2) is 0 Å². The van der Waals surface area contributed by atoms with Crippen LogP contribution in [0.1, 0.15) is 34.4 Å². The smallest absolute Gasteiger partial charge is 0.253 e. The second-order valence-electron chi connectivity index (χ2n) is 6.88. The third-order valence-electron chi connectivity index (χ3n) is 4.41. The summed E-state index contributed by atoms with van der Waals surface area (Å²) in [5.41, 5.74) is 3.77. The number of benzene rings is 1. The summed E-state index contributed by atoms with van der Waals surface area (Å²) in [6.45, 7) is 9.12. The van der Waals surface area contributed by atoms with E-state index in [-0.39, 0.29) is 17.6 Å². The SMILES string of the molecule is Cc1cc(C)n(CC(C)CNC(=O)c2cc3ccc(F)cc3nc2C)n1. The molecule has 1 N–H and O–H groups in total. The van der Waals surface area contributed by atoms with Gasteiger partial charge in [0.25, 0.3) is 5.91 Å². The Bertz CT molecular complexity index is 964. The Hall–Kier alpha value is -2.76. The first kappa shape index (κ1) is 18.0. The topological polar surface area (TPSA) is 59.8 Å². The van der Waals surface area contributed by atoms with Crippen molar-refractivity contribution in [3.8, 4) is 0 Å². The number of halogens is 1. The van der Waals surface area contributed by atoms with E-state index in [9.17, 15) is 9.18 Å². The number of rotatable bonds is 5. The molecule has 136 valence electrons. The standard InChI is InChI=1S/C20H23FN4O/c1-12(11-25-14(3)7-13(2)24-25)10-22-20(26)18-8-16-5-6-17(21)9-19(16)23-15(18)4/h5-9,12H,10-11H2,1-4H3,(H,22,26). The molecule has 3 rings (SSSR count).